The van der Waals surface area contributed by atoms with E-state index in [1.54, 1.807) is 18.2 Å². The molecule has 1 rings (SSSR count). The summed E-state index contributed by atoms with van der Waals surface area (Å²) in [6.07, 6.45) is 3.13. The van der Waals surface area contributed by atoms with Gasteiger partial charge in [0.05, 0.1) is 0 Å². The van der Waals surface area contributed by atoms with E-state index in [4.69, 9.17) is 16.6 Å². The summed E-state index contributed by atoms with van der Waals surface area (Å²) >= 11 is 0. The number of nitrogens with one attached hydrogen (secondary N) is 1. The molecule has 0 bridgehead atoms. The Morgan fingerprint density at radius 3 is 2.57 bits per heavy atom. The number of nitrogens with two attached hydrogens (primary N) is 2. The molecule has 1 aromatic rings. The normalized spacial score (nSPS) is 12.5. The lowest BCUT2D eigenvalue weighted by Crippen LogP contribution is -2.40. The second-order valence-electron chi connectivity index (χ2n) is 5.25. The fraction of sp³-hybridized carbons (Fsp3) is 0.333. The second-order valence-corrected chi connectivity index (χ2v) is 5.25. The highest BCUT2D eigenvalue weighted by atomic mass is 16.4. The maximum Gasteiger partial charge on any atom is 0.326 e. The van der Waals surface area contributed by atoms with Crippen LogP contribution in [0, 0.1) is 5.92 Å². The smallest absolute Gasteiger partial charge is 0.326 e. The number of aliphatic carboxylic acids is 1. The molecule has 0 fully saturated rings. The van der Waals surface area contributed by atoms with Crippen molar-refractivity contribution in [1.29, 1.82) is 0 Å². The third kappa shape index (κ3) is 5.56. The topological polar surface area (TPSA) is 118 Å². The Hall–Kier alpha value is -2.50. The fourth-order valence-corrected chi connectivity index (χ4v) is 1.82. The van der Waals surface area contributed by atoms with Gasteiger partial charge in [-0.1, -0.05) is 13.8 Å². The average molecular weight is 291 g/mol. The van der Waals surface area contributed by atoms with Gasteiger partial charge in [0.2, 0.25) is 5.91 Å². The maximum atomic E-state index is 11.8. The Morgan fingerprint density at radius 2 is 2.00 bits per heavy atom. The van der Waals surface area contributed by atoms with Crippen LogP contribution in [0.3, 0.4) is 0 Å². The average Bonchev–Trinajstić information content (AvgIpc) is 2.38. The number of anilines is 2. The lowest BCUT2D eigenvalue weighted by molar-refractivity contribution is -0.141. The molecule has 0 aromatic heterocycles. The van der Waals surface area contributed by atoms with Gasteiger partial charge in [-0.25, -0.2) is 4.79 Å². The Bertz CT molecular complexity index is 553. The molecule has 6 N–H and O–H groups in total. The molecule has 1 amide bonds. The molecule has 0 aliphatic heterocycles. The van der Waals surface area contributed by atoms with E-state index >= 15 is 0 Å². The lowest BCUT2D eigenvalue weighted by atomic mass is 10.0. The largest absolute Gasteiger partial charge is 0.480 e. The number of carbonyl (C=O) groups is 2. The van der Waals surface area contributed by atoms with Crippen molar-refractivity contribution in [3.63, 3.8) is 0 Å². The summed E-state index contributed by atoms with van der Waals surface area (Å²) in [5.41, 5.74) is 13.0. The molecule has 6 nitrogen and oxygen atoms in total. The van der Waals surface area contributed by atoms with Crippen molar-refractivity contribution >= 4 is 29.3 Å². The summed E-state index contributed by atoms with van der Waals surface area (Å²) < 4.78 is 0. The molecule has 0 saturated carbocycles. The van der Waals surface area contributed by atoms with Crippen LogP contribution in [0.15, 0.2) is 24.3 Å². The van der Waals surface area contributed by atoms with Crippen molar-refractivity contribution in [2.24, 2.45) is 5.92 Å². The Balaban J connectivity index is 2.73. The van der Waals surface area contributed by atoms with Gasteiger partial charge < -0.3 is 21.9 Å². The van der Waals surface area contributed by atoms with Crippen molar-refractivity contribution in [2.45, 2.75) is 26.3 Å². The summed E-state index contributed by atoms with van der Waals surface area (Å²) in [6, 6.07) is 4.05. The van der Waals surface area contributed by atoms with Crippen molar-refractivity contribution in [2.75, 3.05) is 11.5 Å². The molecule has 0 aliphatic carbocycles. The van der Waals surface area contributed by atoms with Crippen molar-refractivity contribution in [3.8, 4) is 0 Å². The van der Waals surface area contributed by atoms with Crippen LogP contribution in [0.1, 0.15) is 25.8 Å². The zero-order valence-electron chi connectivity index (χ0n) is 12.2. The highest BCUT2D eigenvalue weighted by molar-refractivity contribution is 5.95. The van der Waals surface area contributed by atoms with E-state index in [1.165, 1.54) is 12.2 Å². The van der Waals surface area contributed by atoms with E-state index in [2.05, 4.69) is 5.32 Å². The minimum atomic E-state index is -1.05. The standard InChI is InChI=1S/C15H21N3O3/c1-9(2)7-13(15(20)21)18-14(19)6-3-10-8-11(16)4-5-12(10)17/h3-6,8-9,13H,7,16-17H2,1-2H3,(H,18,19)(H,20,21)/b6-3+. The monoisotopic (exact) mass is 291 g/mol. The van der Waals surface area contributed by atoms with Gasteiger partial charge in [-0.05, 0) is 42.2 Å². The number of benzene rings is 1. The summed E-state index contributed by atoms with van der Waals surface area (Å²) in [5.74, 6) is -1.36. The maximum absolute atomic E-state index is 11.8. The molecule has 1 atom stereocenters. The van der Waals surface area contributed by atoms with Crippen LogP contribution in [0.2, 0.25) is 0 Å². The highest BCUT2D eigenvalue weighted by Crippen LogP contribution is 2.17. The van der Waals surface area contributed by atoms with Gasteiger partial charge in [0.25, 0.3) is 0 Å². The molecule has 0 heterocycles. The van der Waals surface area contributed by atoms with E-state index in [0.29, 0.717) is 23.4 Å². The molecular formula is C15H21N3O3. The molecule has 6 heteroatoms. The first-order valence-corrected chi connectivity index (χ1v) is 6.66. The minimum absolute atomic E-state index is 0.167. The van der Waals surface area contributed by atoms with E-state index in [0.717, 1.165) is 0 Å². The molecule has 0 saturated heterocycles. The zero-order valence-corrected chi connectivity index (χ0v) is 12.2. The number of carbonyl (C=O) groups excluding carboxylic acids is 1. The summed E-state index contributed by atoms with van der Waals surface area (Å²) in [4.78, 5) is 22.8. The van der Waals surface area contributed by atoms with Gasteiger partial charge >= 0.3 is 5.97 Å². The van der Waals surface area contributed by atoms with Crippen LogP contribution in [-0.2, 0) is 9.59 Å². The molecule has 0 radical (unpaired) electrons. The van der Waals surface area contributed by atoms with Crippen molar-refractivity contribution in [1.82, 2.24) is 5.32 Å². The molecule has 0 spiro atoms. The van der Waals surface area contributed by atoms with Crippen LogP contribution in [0.5, 0.6) is 0 Å². The zero-order chi connectivity index (χ0) is 16.0. The first-order chi connectivity index (χ1) is 9.79. The number of carboxylic acid groups (broad SMARTS) is 1. The third-order valence-electron chi connectivity index (χ3n) is 2.85. The molecule has 21 heavy (non-hydrogen) atoms. The van der Waals surface area contributed by atoms with E-state index in [1.807, 2.05) is 13.8 Å². The Morgan fingerprint density at radius 1 is 1.33 bits per heavy atom. The third-order valence-corrected chi connectivity index (χ3v) is 2.85. The highest BCUT2D eigenvalue weighted by Gasteiger charge is 2.19. The predicted molar refractivity (Wildman–Crippen MR) is 83.3 cm³/mol. The van der Waals surface area contributed by atoms with E-state index in [-0.39, 0.29) is 5.92 Å². The summed E-state index contributed by atoms with van der Waals surface area (Å²) in [7, 11) is 0. The lowest BCUT2D eigenvalue weighted by Gasteiger charge is -2.15. The summed E-state index contributed by atoms with van der Waals surface area (Å²) in [5, 5.41) is 11.5. The first-order valence-electron chi connectivity index (χ1n) is 6.66. The number of hydrogen-bond acceptors (Lipinski definition) is 4. The van der Waals surface area contributed by atoms with Gasteiger partial charge in [-0.2, -0.15) is 0 Å². The van der Waals surface area contributed by atoms with Crippen LogP contribution in [-0.4, -0.2) is 23.0 Å². The van der Waals surface area contributed by atoms with E-state index in [9.17, 15) is 9.59 Å². The molecule has 1 aromatic carbocycles. The molecule has 1 unspecified atom stereocenters. The van der Waals surface area contributed by atoms with Gasteiger partial charge in [0, 0.05) is 17.5 Å². The van der Waals surface area contributed by atoms with Crippen LogP contribution >= 0.6 is 0 Å². The van der Waals surface area contributed by atoms with Crippen LogP contribution in [0.25, 0.3) is 6.08 Å². The number of rotatable bonds is 6. The SMILES string of the molecule is CC(C)CC(NC(=O)/C=C/c1cc(N)ccc1N)C(=O)O. The predicted octanol–water partition coefficient (Wildman–Crippen LogP) is 1.48. The van der Waals surface area contributed by atoms with Crippen LogP contribution in [0.4, 0.5) is 11.4 Å². The van der Waals surface area contributed by atoms with Gasteiger partial charge in [0.1, 0.15) is 6.04 Å². The van der Waals surface area contributed by atoms with Gasteiger partial charge in [-0.3, -0.25) is 4.79 Å². The van der Waals surface area contributed by atoms with Gasteiger partial charge in [-0.15, -0.1) is 0 Å². The molecule has 114 valence electrons. The van der Waals surface area contributed by atoms with Gasteiger partial charge in [0.15, 0.2) is 0 Å². The fourth-order valence-electron chi connectivity index (χ4n) is 1.82. The Kier molecular flexibility index (Phi) is 5.78. The number of hydrogen-bond donors (Lipinski definition) is 4. The molecular weight excluding hydrogens is 270 g/mol. The number of amides is 1. The van der Waals surface area contributed by atoms with Crippen LogP contribution < -0.4 is 16.8 Å². The Labute approximate surface area is 123 Å². The first kappa shape index (κ1) is 16.6. The number of carboxylic acids is 1. The van der Waals surface area contributed by atoms with E-state index < -0.39 is 17.9 Å². The van der Waals surface area contributed by atoms with Crippen molar-refractivity contribution < 1.29 is 14.7 Å². The number of nitrogen functional groups attached to an aromatic ring is 2. The molecule has 0 aliphatic rings. The summed E-state index contributed by atoms with van der Waals surface area (Å²) in [6.45, 7) is 3.79. The van der Waals surface area contributed by atoms with Crippen molar-refractivity contribution in [3.05, 3.63) is 29.8 Å². The minimum Gasteiger partial charge on any atom is -0.480 e. The second kappa shape index (κ2) is 7.33. The quantitative estimate of drug-likeness (QED) is 0.467.